The van der Waals surface area contributed by atoms with E-state index in [1.54, 1.807) is 20.1 Å². The van der Waals surface area contributed by atoms with Gasteiger partial charge in [-0.2, -0.15) is 0 Å². The van der Waals surface area contributed by atoms with Crippen molar-refractivity contribution in [1.29, 1.82) is 0 Å². The summed E-state index contributed by atoms with van der Waals surface area (Å²) < 4.78 is 10.7. The van der Waals surface area contributed by atoms with Crippen LogP contribution in [0.25, 0.3) is 0 Å². The second-order valence-electron chi connectivity index (χ2n) is 4.64. The van der Waals surface area contributed by atoms with Crippen LogP contribution >= 0.6 is 0 Å². The van der Waals surface area contributed by atoms with Crippen molar-refractivity contribution >= 4 is 0 Å². The third-order valence-electron chi connectivity index (χ3n) is 2.52. The molecule has 1 atom stereocenters. The standard InChI is InChI=1S/C14H23NO3/c1-4-8-15-10-14(2,16)11-18-13-7-5-6-12(9-13)17-3/h5-7,9,15-16H,4,8,10-11H2,1-3H3. The fourth-order valence-electron chi connectivity index (χ4n) is 1.52. The van der Waals surface area contributed by atoms with Gasteiger partial charge in [0.15, 0.2) is 0 Å². The van der Waals surface area contributed by atoms with Crippen molar-refractivity contribution in [3.8, 4) is 11.5 Å². The molecule has 1 unspecified atom stereocenters. The number of aliphatic hydroxyl groups is 1. The molecule has 0 spiro atoms. The fraction of sp³-hybridized carbons (Fsp3) is 0.571. The Labute approximate surface area is 109 Å². The van der Waals surface area contributed by atoms with E-state index in [0.29, 0.717) is 12.3 Å². The molecule has 0 saturated carbocycles. The molecule has 4 nitrogen and oxygen atoms in total. The minimum atomic E-state index is -0.877. The molecule has 0 aliphatic heterocycles. The molecule has 2 N–H and O–H groups in total. The van der Waals surface area contributed by atoms with Gasteiger partial charge >= 0.3 is 0 Å². The van der Waals surface area contributed by atoms with Crippen LogP contribution in [0.5, 0.6) is 11.5 Å². The first-order valence-corrected chi connectivity index (χ1v) is 6.27. The fourth-order valence-corrected chi connectivity index (χ4v) is 1.52. The molecule has 0 aliphatic carbocycles. The summed E-state index contributed by atoms with van der Waals surface area (Å²) in [6.45, 7) is 5.52. The van der Waals surface area contributed by atoms with Gasteiger partial charge in [-0.1, -0.05) is 13.0 Å². The lowest BCUT2D eigenvalue weighted by Gasteiger charge is -2.24. The Kier molecular flexibility index (Phi) is 5.95. The molecule has 102 valence electrons. The normalized spacial score (nSPS) is 14.0. The molecule has 1 aromatic carbocycles. The van der Waals surface area contributed by atoms with E-state index in [-0.39, 0.29) is 6.61 Å². The van der Waals surface area contributed by atoms with Crippen molar-refractivity contribution < 1.29 is 14.6 Å². The first-order chi connectivity index (χ1) is 8.57. The van der Waals surface area contributed by atoms with Crippen molar-refractivity contribution in [2.24, 2.45) is 0 Å². The molecule has 0 saturated heterocycles. The van der Waals surface area contributed by atoms with E-state index in [2.05, 4.69) is 12.2 Å². The van der Waals surface area contributed by atoms with Gasteiger partial charge in [0, 0.05) is 12.6 Å². The summed E-state index contributed by atoms with van der Waals surface area (Å²) in [6, 6.07) is 7.36. The van der Waals surface area contributed by atoms with E-state index in [1.807, 2.05) is 18.2 Å². The number of benzene rings is 1. The lowest BCUT2D eigenvalue weighted by atomic mass is 10.1. The molecule has 1 aromatic rings. The molecule has 0 aliphatic rings. The average molecular weight is 253 g/mol. The SMILES string of the molecule is CCCNCC(C)(O)COc1cccc(OC)c1. The number of ether oxygens (including phenoxy) is 2. The molecule has 1 rings (SSSR count). The second kappa shape index (κ2) is 7.24. The zero-order valence-corrected chi connectivity index (χ0v) is 11.4. The molecule has 0 radical (unpaired) electrons. The predicted octanol–water partition coefficient (Wildman–Crippen LogP) is 1.82. The van der Waals surface area contributed by atoms with Gasteiger partial charge in [0.2, 0.25) is 0 Å². The maximum Gasteiger partial charge on any atom is 0.123 e. The van der Waals surface area contributed by atoms with E-state index >= 15 is 0 Å². The van der Waals surface area contributed by atoms with Crippen molar-refractivity contribution in [2.45, 2.75) is 25.9 Å². The van der Waals surface area contributed by atoms with Crippen LogP contribution in [0.1, 0.15) is 20.3 Å². The maximum atomic E-state index is 10.1. The molecule has 0 fully saturated rings. The van der Waals surface area contributed by atoms with Gasteiger partial charge in [-0.05, 0) is 32.0 Å². The van der Waals surface area contributed by atoms with Gasteiger partial charge in [0.25, 0.3) is 0 Å². The third-order valence-corrected chi connectivity index (χ3v) is 2.52. The van der Waals surface area contributed by atoms with Crippen LogP contribution in [-0.2, 0) is 0 Å². The van der Waals surface area contributed by atoms with E-state index in [4.69, 9.17) is 9.47 Å². The molecule has 0 heterocycles. The van der Waals surface area contributed by atoms with E-state index < -0.39 is 5.60 Å². The highest BCUT2D eigenvalue weighted by atomic mass is 16.5. The maximum absolute atomic E-state index is 10.1. The Bertz CT molecular complexity index is 353. The molecular formula is C14H23NO3. The van der Waals surface area contributed by atoms with Gasteiger partial charge in [0.1, 0.15) is 23.7 Å². The molecule has 0 aromatic heterocycles. The highest BCUT2D eigenvalue weighted by Crippen LogP contribution is 2.19. The zero-order valence-electron chi connectivity index (χ0n) is 11.4. The summed E-state index contributed by atoms with van der Waals surface area (Å²) in [6.07, 6.45) is 1.05. The Balaban J connectivity index is 2.42. The average Bonchev–Trinajstić information content (AvgIpc) is 2.37. The topological polar surface area (TPSA) is 50.7 Å². The van der Waals surface area contributed by atoms with Crippen LogP contribution in [0, 0.1) is 0 Å². The monoisotopic (exact) mass is 253 g/mol. The molecule has 18 heavy (non-hydrogen) atoms. The Morgan fingerprint density at radius 3 is 2.72 bits per heavy atom. The van der Waals surface area contributed by atoms with Crippen LogP contribution in [-0.4, -0.2) is 37.5 Å². The second-order valence-corrected chi connectivity index (χ2v) is 4.64. The van der Waals surface area contributed by atoms with E-state index in [0.717, 1.165) is 18.7 Å². The number of rotatable bonds is 8. The van der Waals surface area contributed by atoms with E-state index in [9.17, 15) is 5.11 Å². The molecule has 4 heteroatoms. The van der Waals surface area contributed by atoms with Crippen LogP contribution in [0.2, 0.25) is 0 Å². The van der Waals surface area contributed by atoms with Gasteiger partial charge in [-0.15, -0.1) is 0 Å². The lowest BCUT2D eigenvalue weighted by molar-refractivity contribution is 0.0124. The van der Waals surface area contributed by atoms with Crippen LogP contribution in [0.3, 0.4) is 0 Å². The van der Waals surface area contributed by atoms with Crippen LogP contribution < -0.4 is 14.8 Å². The van der Waals surface area contributed by atoms with Gasteiger partial charge < -0.3 is 19.9 Å². The summed E-state index contributed by atoms with van der Waals surface area (Å²) in [5, 5.41) is 13.3. The van der Waals surface area contributed by atoms with Crippen molar-refractivity contribution in [3.05, 3.63) is 24.3 Å². The first kappa shape index (κ1) is 14.8. The number of nitrogens with one attached hydrogen (secondary N) is 1. The highest BCUT2D eigenvalue weighted by molar-refractivity contribution is 5.32. The predicted molar refractivity (Wildman–Crippen MR) is 72.3 cm³/mol. The summed E-state index contributed by atoms with van der Waals surface area (Å²) in [5.74, 6) is 1.45. The Hall–Kier alpha value is -1.26. The Morgan fingerprint density at radius 2 is 2.06 bits per heavy atom. The molecule has 0 bridgehead atoms. The van der Waals surface area contributed by atoms with Crippen molar-refractivity contribution in [3.63, 3.8) is 0 Å². The number of methoxy groups -OCH3 is 1. The molecular weight excluding hydrogens is 230 g/mol. The van der Waals surface area contributed by atoms with Gasteiger partial charge in [0.05, 0.1) is 7.11 Å². The van der Waals surface area contributed by atoms with Crippen molar-refractivity contribution in [1.82, 2.24) is 5.32 Å². The Morgan fingerprint density at radius 1 is 1.33 bits per heavy atom. The smallest absolute Gasteiger partial charge is 0.123 e. The largest absolute Gasteiger partial charge is 0.497 e. The quantitative estimate of drug-likeness (QED) is 0.694. The minimum absolute atomic E-state index is 0.247. The summed E-state index contributed by atoms with van der Waals surface area (Å²) in [7, 11) is 1.62. The van der Waals surface area contributed by atoms with Crippen molar-refractivity contribution in [2.75, 3.05) is 26.8 Å². The van der Waals surface area contributed by atoms with Crippen LogP contribution in [0.4, 0.5) is 0 Å². The summed E-state index contributed by atoms with van der Waals surface area (Å²) in [5.41, 5.74) is -0.877. The molecule has 0 amide bonds. The van der Waals surface area contributed by atoms with E-state index in [1.165, 1.54) is 0 Å². The van der Waals surface area contributed by atoms with Gasteiger partial charge in [-0.3, -0.25) is 0 Å². The number of hydrogen-bond donors (Lipinski definition) is 2. The number of hydrogen-bond acceptors (Lipinski definition) is 4. The minimum Gasteiger partial charge on any atom is -0.497 e. The highest BCUT2D eigenvalue weighted by Gasteiger charge is 2.20. The third kappa shape index (κ3) is 5.38. The van der Waals surface area contributed by atoms with Crippen LogP contribution in [0.15, 0.2) is 24.3 Å². The first-order valence-electron chi connectivity index (χ1n) is 6.27. The summed E-state index contributed by atoms with van der Waals surface area (Å²) >= 11 is 0. The lowest BCUT2D eigenvalue weighted by Crippen LogP contribution is -2.43. The zero-order chi connectivity index (χ0) is 13.4. The summed E-state index contributed by atoms with van der Waals surface area (Å²) in [4.78, 5) is 0. The van der Waals surface area contributed by atoms with Gasteiger partial charge in [-0.25, -0.2) is 0 Å².